The average molecular weight is 394 g/mol. The third-order valence-corrected chi connectivity index (χ3v) is 5.25. The molecule has 3 heterocycles. The molecule has 1 aliphatic rings. The number of anilines is 2. The topological polar surface area (TPSA) is 75.2 Å². The molecule has 0 saturated carbocycles. The zero-order valence-corrected chi connectivity index (χ0v) is 16.1. The Labute approximate surface area is 173 Å². The second-order valence-corrected chi connectivity index (χ2v) is 7.10. The molecule has 0 atom stereocenters. The Balaban J connectivity index is 1.41. The molecule has 6 nitrogen and oxygen atoms in total. The van der Waals surface area contributed by atoms with Crippen LogP contribution >= 0.6 is 0 Å². The Kier molecular flexibility index (Phi) is 4.44. The van der Waals surface area contributed by atoms with E-state index in [1.165, 1.54) is 12.3 Å². The Hall–Kier alpha value is -4.06. The largest absolute Gasteiger partial charge is 0.320 e. The van der Waals surface area contributed by atoms with Gasteiger partial charge in [-0.1, -0.05) is 36.4 Å². The monoisotopic (exact) mass is 394 g/mol. The average Bonchev–Trinajstić information content (AvgIpc) is 3.23. The van der Waals surface area contributed by atoms with Crippen molar-refractivity contribution in [1.29, 1.82) is 0 Å². The number of hydrogen-bond acceptors (Lipinski definition) is 4. The van der Waals surface area contributed by atoms with E-state index >= 15 is 0 Å². The number of carbonyl (C=O) groups excluding carboxylic acids is 2. The van der Waals surface area contributed by atoms with Crippen molar-refractivity contribution in [2.45, 2.75) is 6.42 Å². The number of fused-ring (bicyclic) bond motifs is 2. The number of para-hydroxylation sites is 2. The molecule has 0 unspecified atom stereocenters. The maximum absolute atomic E-state index is 13.0. The summed E-state index contributed by atoms with van der Waals surface area (Å²) in [6.45, 7) is 0.609. The molecular formula is C24H18N4O2. The highest BCUT2D eigenvalue weighted by molar-refractivity contribution is 6.11. The van der Waals surface area contributed by atoms with Gasteiger partial charge in [-0.2, -0.15) is 0 Å². The zero-order valence-electron chi connectivity index (χ0n) is 16.1. The molecule has 4 aromatic rings. The predicted molar refractivity (Wildman–Crippen MR) is 116 cm³/mol. The molecule has 0 fully saturated rings. The molecule has 0 saturated heterocycles. The van der Waals surface area contributed by atoms with Crippen LogP contribution < -0.4 is 10.2 Å². The van der Waals surface area contributed by atoms with Gasteiger partial charge in [-0.05, 0) is 42.3 Å². The fraction of sp³-hybridized carbons (Fsp3) is 0.0833. The standard InChI is InChI=1S/C24H18N4O2/c29-23(27-19-8-3-6-17-7-4-12-26-22(17)19)18-10-13-25-20(15-18)24(30)28-14-11-16-5-1-2-9-21(16)28/h1-10,12-13,15H,11,14H2,(H,27,29). The predicted octanol–water partition coefficient (Wildman–Crippen LogP) is 4.09. The molecule has 30 heavy (non-hydrogen) atoms. The van der Waals surface area contributed by atoms with E-state index in [1.807, 2.05) is 54.6 Å². The number of nitrogens with zero attached hydrogens (tertiary/aromatic N) is 3. The first-order valence-electron chi connectivity index (χ1n) is 9.71. The third kappa shape index (κ3) is 3.18. The summed E-state index contributed by atoms with van der Waals surface area (Å²) in [6, 6.07) is 20.4. The number of benzene rings is 2. The van der Waals surface area contributed by atoms with Gasteiger partial charge in [0.25, 0.3) is 11.8 Å². The molecule has 146 valence electrons. The van der Waals surface area contributed by atoms with Crippen LogP contribution in [0.15, 0.2) is 79.1 Å². The van der Waals surface area contributed by atoms with Crippen LogP contribution in [0.2, 0.25) is 0 Å². The number of rotatable bonds is 3. The van der Waals surface area contributed by atoms with Gasteiger partial charge < -0.3 is 10.2 Å². The summed E-state index contributed by atoms with van der Waals surface area (Å²) in [6.07, 6.45) is 4.00. The lowest BCUT2D eigenvalue weighted by Gasteiger charge is -2.17. The number of amides is 2. The van der Waals surface area contributed by atoms with E-state index in [1.54, 1.807) is 17.2 Å². The van der Waals surface area contributed by atoms with Gasteiger partial charge in [0, 0.05) is 35.6 Å². The quantitative estimate of drug-likeness (QED) is 0.568. The van der Waals surface area contributed by atoms with Crippen molar-refractivity contribution in [3.8, 4) is 0 Å². The second kappa shape index (κ2) is 7.40. The first-order valence-corrected chi connectivity index (χ1v) is 9.71. The molecular weight excluding hydrogens is 376 g/mol. The minimum Gasteiger partial charge on any atom is -0.320 e. The summed E-state index contributed by atoms with van der Waals surface area (Å²) in [7, 11) is 0. The van der Waals surface area contributed by atoms with Gasteiger partial charge in [-0.3, -0.25) is 19.6 Å². The van der Waals surface area contributed by atoms with Crippen LogP contribution in [0, 0.1) is 0 Å². The van der Waals surface area contributed by atoms with Crippen LogP contribution in [0.1, 0.15) is 26.4 Å². The molecule has 1 N–H and O–H groups in total. The molecule has 0 spiro atoms. The summed E-state index contributed by atoms with van der Waals surface area (Å²) < 4.78 is 0. The molecule has 0 aliphatic carbocycles. The number of hydrogen-bond donors (Lipinski definition) is 1. The Bertz CT molecular complexity index is 1280. The fourth-order valence-corrected chi connectivity index (χ4v) is 3.78. The lowest BCUT2D eigenvalue weighted by atomic mass is 10.1. The Morgan fingerprint density at radius 1 is 0.900 bits per heavy atom. The van der Waals surface area contributed by atoms with Crippen molar-refractivity contribution in [3.63, 3.8) is 0 Å². The Morgan fingerprint density at radius 2 is 1.77 bits per heavy atom. The molecule has 2 aromatic carbocycles. The van der Waals surface area contributed by atoms with Gasteiger partial charge in [0.1, 0.15) is 5.69 Å². The van der Waals surface area contributed by atoms with Crippen LogP contribution in [-0.2, 0) is 6.42 Å². The van der Waals surface area contributed by atoms with Gasteiger partial charge >= 0.3 is 0 Å². The van der Waals surface area contributed by atoms with Gasteiger partial charge in [-0.25, -0.2) is 0 Å². The first kappa shape index (κ1) is 18.0. The first-order chi connectivity index (χ1) is 14.7. The summed E-state index contributed by atoms with van der Waals surface area (Å²) in [4.78, 5) is 36.2. The molecule has 2 aromatic heterocycles. The fourth-order valence-electron chi connectivity index (χ4n) is 3.78. The number of pyridine rings is 2. The zero-order chi connectivity index (χ0) is 20.5. The number of aromatic nitrogens is 2. The lowest BCUT2D eigenvalue weighted by molar-refractivity contribution is 0.0984. The van der Waals surface area contributed by atoms with E-state index < -0.39 is 0 Å². The summed E-state index contributed by atoms with van der Waals surface area (Å²) >= 11 is 0. The van der Waals surface area contributed by atoms with E-state index in [4.69, 9.17) is 0 Å². The highest BCUT2D eigenvalue weighted by Crippen LogP contribution is 2.28. The minimum atomic E-state index is -0.313. The summed E-state index contributed by atoms with van der Waals surface area (Å²) in [5, 5.41) is 3.84. The second-order valence-electron chi connectivity index (χ2n) is 7.10. The van der Waals surface area contributed by atoms with Crippen molar-refractivity contribution in [1.82, 2.24) is 9.97 Å². The number of carbonyl (C=O) groups is 2. The maximum atomic E-state index is 13.0. The molecule has 2 amide bonds. The number of nitrogens with one attached hydrogen (secondary N) is 1. The van der Waals surface area contributed by atoms with Crippen LogP contribution in [-0.4, -0.2) is 28.3 Å². The van der Waals surface area contributed by atoms with Gasteiger partial charge in [0.2, 0.25) is 0 Å². The summed E-state index contributed by atoms with van der Waals surface area (Å²) in [5.74, 6) is -0.521. The van der Waals surface area contributed by atoms with Crippen molar-refractivity contribution in [2.24, 2.45) is 0 Å². The summed E-state index contributed by atoms with van der Waals surface area (Å²) in [5.41, 5.74) is 4.00. The van der Waals surface area contributed by atoms with Gasteiger partial charge in [0.05, 0.1) is 11.2 Å². The third-order valence-electron chi connectivity index (χ3n) is 5.25. The van der Waals surface area contributed by atoms with Crippen LogP contribution in [0.4, 0.5) is 11.4 Å². The van der Waals surface area contributed by atoms with E-state index in [9.17, 15) is 9.59 Å². The maximum Gasteiger partial charge on any atom is 0.276 e. The van der Waals surface area contributed by atoms with E-state index in [0.717, 1.165) is 23.1 Å². The van der Waals surface area contributed by atoms with Crippen LogP contribution in [0.25, 0.3) is 10.9 Å². The molecule has 0 radical (unpaired) electrons. The van der Waals surface area contributed by atoms with Crippen LogP contribution in [0.5, 0.6) is 0 Å². The highest BCUT2D eigenvalue weighted by atomic mass is 16.2. The lowest BCUT2D eigenvalue weighted by Crippen LogP contribution is -2.30. The Morgan fingerprint density at radius 3 is 2.70 bits per heavy atom. The van der Waals surface area contributed by atoms with E-state index in [0.29, 0.717) is 23.3 Å². The van der Waals surface area contributed by atoms with Crippen molar-refractivity contribution < 1.29 is 9.59 Å². The van der Waals surface area contributed by atoms with Gasteiger partial charge in [-0.15, -0.1) is 0 Å². The van der Waals surface area contributed by atoms with Crippen molar-refractivity contribution in [3.05, 3.63) is 95.9 Å². The van der Waals surface area contributed by atoms with Crippen molar-refractivity contribution in [2.75, 3.05) is 16.8 Å². The van der Waals surface area contributed by atoms with Crippen molar-refractivity contribution >= 4 is 34.1 Å². The molecule has 1 aliphatic heterocycles. The smallest absolute Gasteiger partial charge is 0.276 e. The molecule has 0 bridgehead atoms. The highest BCUT2D eigenvalue weighted by Gasteiger charge is 2.26. The molecule has 6 heteroatoms. The van der Waals surface area contributed by atoms with Gasteiger partial charge in [0.15, 0.2) is 0 Å². The normalized spacial score (nSPS) is 12.6. The minimum absolute atomic E-state index is 0.207. The van der Waals surface area contributed by atoms with E-state index in [-0.39, 0.29) is 17.5 Å². The molecule has 5 rings (SSSR count). The van der Waals surface area contributed by atoms with Crippen LogP contribution in [0.3, 0.4) is 0 Å². The van der Waals surface area contributed by atoms with E-state index in [2.05, 4.69) is 15.3 Å². The SMILES string of the molecule is O=C(Nc1cccc2cccnc12)c1ccnc(C(=O)N2CCc3ccccc32)c1.